The molecule has 8 aromatic carbocycles. The van der Waals surface area contributed by atoms with Gasteiger partial charge in [-0.1, -0.05) is 164 Å². The molecule has 0 fully saturated rings. The first-order valence-corrected chi connectivity index (χ1v) is 14.5. The first kappa shape index (κ1) is 24.3. The first-order valence-electron chi connectivity index (χ1n) is 14.5. The molecule has 0 amide bonds. The molecule has 42 heavy (non-hydrogen) atoms. The fourth-order valence-corrected chi connectivity index (χ4v) is 6.61. The SMILES string of the molecule is c1ccc(-c2c(-c3ccc4ccccc4c3)cccc2-c2c3ccccc3c(-c3ccccc3)c3ccccc23)cc1. The van der Waals surface area contributed by atoms with E-state index in [0.717, 1.165) is 0 Å². The standard InChI is InChI=1S/C42H28/c1-3-15-30(16-4-1)40-34(33-27-26-29-14-7-8-19-32(29)28-33)24-13-25-39(40)42-37-22-11-9-20-35(37)41(31-17-5-2-6-18-31)36-21-10-12-23-38(36)42/h1-28H. The molecule has 8 rings (SSSR count). The zero-order valence-electron chi connectivity index (χ0n) is 23.2. The molecule has 0 bridgehead atoms. The van der Waals surface area contributed by atoms with Gasteiger partial charge in [0.1, 0.15) is 0 Å². The van der Waals surface area contributed by atoms with Crippen LogP contribution in [0, 0.1) is 0 Å². The molecule has 0 saturated heterocycles. The Labute approximate surface area is 246 Å². The van der Waals surface area contributed by atoms with Gasteiger partial charge in [-0.15, -0.1) is 0 Å². The van der Waals surface area contributed by atoms with E-state index >= 15 is 0 Å². The highest BCUT2D eigenvalue weighted by Crippen LogP contribution is 2.48. The van der Waals surface area contributed by atoms with Gasteiger partial charge in [0.2, 0.25) is 0 Å². The maximum atomic E-state index is 2.33. The summed E-state index contributed by atoms with van der Waals surface area (Å²) in [6.45, 7) is 0. The highest BCUT2D eigenvalue weighted by Gasteiger charge is 2.20. The Hall–Kier alpha value is -5.46. The summed E-state index contributed by atoms with van der Waals surface area (Å²) in [5.74, 6) is 0. The third-order valence-corrected chi connectivity index (χ3v) is 8.45. The van der Waals surface area contributed by atoms with Crippen molar-refractivity contribution in [1.82, 2.24) is 0 Å². The minimum Gasteiger partial charge on any atom is -0.0622 e. The number of hydrogen-bond acceptors (Lipinski definition) is 0. The van der Waals surface area contributed by atoms with Crippen LogP contribution in [0.1, 0.15) is 0 Å². The Kier molecular flexibility index (Phi) is 5.90. The quantitative estimate of drug-likeness (QED) is 0.198. The highest BCUT2D eigenvalue weighted by atomic mass is 14.2. The monoisotopic (exact) mass is 532 g/mol. The van der Waals surface area contributed by atoms with Crippen molar-refractivity contribution in [3.8, 4) is 44.5 Å². The topological polar surface area (TPSA) is 0 Å². The molecule has 0 nitrogen and oxygen atoms in total. The fourth-order valence-electron chi connectivity index (χ4n) is 6.61. The minimum atomic E-state index is 1.22. The van der Waals surface area contributed by atoms with Crippen molar-refractivity contribution in [2.75, 3.05) is 0 Å². The van der Waals surface area contributed by atoms with Crippen molar-refractivity contribution in [3.05, 3.63) is 170 Å². The second kappa shape index (κ2) is 10.2. The Bertz CT molecular complexity index is 2170. The molecule has 0 aliphatic rings. The predicted molar refractivity (Wildman–Crippen MR) is 181 cm³/mol. The van der Waals surface area contributed by atoms with Gasteiger partial charge in [0.05, 0.1) is 0 Å². The lowest BCUT2D eigenvalue weighted by atomic mass is 9.81. The van der Waals surface area contributed by atoms with E-state index in [9.17, 15) is 0 Å². The maximum absolute atomic E-state index is 2.33. The molecule has 8 aromatic rings. The van der Waals surface area contributed by atoms with E-state index in [1.165, 1.54) is 76.8 Å². The number of benzene rings is 8. The number of rotatable bonds is 4. The van der Waals surface area contributed by atoms with Crippen molar-refractivity contribution in [3.63, 3.8) is 0 Å². The van der Waals surface area contributed by atoms with Gasteiger partial charge >= 0.3 is 0 Å². The van der Waals surface area contributed by atoms with Crippen molar-refractivity contribution < 1.29 is 0 Å². The molecule has 0 aliphatic heterocycles. The smallest absolute Gasteiger partial charge is 0.00199 e. The molecular formula is C42H28. The summed E-state index contributed by atoms with van der Waals surface area (Å²) in [6.07, 6.45) is 0. The number of fused-ring (bicyclic) bond motifs is 3. The van der Waals surface area contributed by atoms with Crippen LogP contribution in [0.4, 0.5) is 0 Å². The molecule has 0 heteroatoms. The van der Waals surface area contributed by atoms with Crippen LogP contribution in [0.15, 0.2) is 170 Å². The predicted octanol–water partition coefficient (Wildman–Crippen LogP) is 11.8. The van der Waals surface area contributed by atoms with Crippen molar-refractivity contribution in [2.24, 2.45) is 0 Å². The molecule has 0 N–H and O–H groups in total. The maximum Gasteiger partial charge on any atom is -0.00199 e. The van der Waals surface area contributed by atoms with Crippen LogP contribution in [-0.2, 0) is 0 Å². The van der Waals surface area contributed by atoms with Crippen LogP contribution < -0.4 is 0 Å². The third-order valence-electron chi connectivity index (χ3n) is 8.45. The Morgan fingerprint density at radius 2 is 0.714 bits per heavy atom. The lowest BCUT2D eigenvalue weighted by molar-refractivity contribution is 1.58. The van der Waals surface area contributed by atoms with E-state index in [4.69, 9.17) is 0 Å². The highest BCUT2D eigenvalue weighted by molar-refractivity contribution is 6.23. The van der Waals surface area contributed by atoms with Gasteiger partial charge in [0.15, 0.2) is 0 Å². The lowest BCUT2D eigenvalue weighted by Crippen LogP contribution is -1.94. The molecule has 0 radical (unpaired) electrons. The van der Waals surface area contributed by atoms with Crippen LogP contribution in [0.25, 0.3) is 76.8 Å². The van der Waals surface area contributed by atoms with E-state index in [0.29, 0.717) is 0 Å². The van der Waals surface area contributed by atoms with Gasteiger partial charge in [-0.3, -0.25) is 0 Å². The van der Waals surface area contributed by atoms with Gasteiger partial charge in [0, 0.05) is 0 Å². The fraction of sp³-hybridized carbons (Fsp3) is 0. The zero-order valence-corrected chi connectivity index (χ0v) is 23.2. The van der Waals surface area contributed by atoms with Gasteiger partial charge in [-0.2, -0.15) is 0 Å². The third kappa shape index (κ3) is 4.00. The second-order valence-corrected chi connectivity index (χ2v) is 10.9. The molecule has 0 heterocycles. The summed E-state index contributed by atoms with van der Waals surface area (Å²) in [4.78, 5) is 0. The minimum absolute atomic E-state index is 1.22. The number of hydrogen-bond donors (Lipinski definition) is 0. The van der Waals surface area contributed by atoms with E-state index in [1.807, 2.05) is 0 Å². The van der Waals surface area contributed by atoms with E-state index in [1.54, 1.807) is 0 Å². The molecule has 0 saturated carbocycles. The molecular weight excluding hydrogens is 504 g/mol. The molecule has 0 spiro atoms. The summed E-state index contributed by atoms with van der Waals surface area (Å²) < 4.78 is 0. The Morgan fingerprint density at radius 1 is 0.238 bits per heavy atom. The van der Waals surface area contributed by atoms with Gasteiger partial charge in [0.25, 0.3) is 0 Å². The summed E-state index contributed by atoms with van der Waals surface area (Å²) in [5, 5.41) is 7.58. The Morgan fingerprint density at radius 3 is 1.33 bits per heavy atom. The van der Waals surface area contributed by atoms with Crippen LogP contribution in [0.5, 0.6) is 0 Å². The summed E-state index contributed by atoms with van der Waals surface area (Å²) >= 11 is 0. The summed E-state index contributed by atoms with van der Waals surface area (Å²) in [6, 6.07) is 61.7. The first-order chi connectivity index (χ1) is 20.9. The van der Waals surface area contributed by atoms with Crippen molar-refractivity contribution >= 4 is 32.3 Å². The lowest BCUT2D eigenvalue weighted by Gasteiger charge is -2.21. The van der Waals surface area contributed by atoms with Crippen molar-refractivity contribution in [1.29, 1.82) is 0 Å². The molecule has 0 aromatic heterocycles. The molecule has 0 unspecified atom stereocenters. The van der Waals surface area contributed by atoms with Crippen LogP contribution in [-0.4, -0.2) is 0 Å². The average Bonchev–Trinajstić information content (AvgIpc) is 3.07. The van der Waals surface area contributed by atoms with E-state index in [-0.39, 0.29) is 0 Å². The Balaban J connectivity index is 1.51. The van der Waals surface area contributed by atoms with Crippen LogP contribution in [0.2, 0.25) is 0 Å². The van der Waals surface area contributed by atoms with Gasteiger partial charge in [-0.05, 0) is 82.9 Å². The largest absolute Gasteiger partial charge is 0.0622 e. The van der Waals surface area contributed by atoms with Crippen LogP contribution in [0.3, 0.4) is 0 Å². The molecule has 0 aliphatic carbocycles. The zero-order chi connectivity index (χ0) is 27.9. The van der Waals surface area contributed by atoms with E-state index < -0.39 is 0 Å². The van der Waals surface area contributed by atoms with Crippen molar-refractivity contribution in [2.45, 2.75) is 0 Å². The molecule has 196 valence electrons. The summed E-state index contributed by atoms with van der Waals surface area (Å²) in [7, 11) is 0. The molecule has 0 atom stereocenters. The normalized spacial score (nSPS) is 11.3. The van der Waals surface area contributed by atoms with Gasteiger partial charge in [-0.25, -0.2) is 0 Å². The van der Waals surface area contributed by atoms with Gasteiger partial charge < -0.3 is 0 Å². The second-order valence-electron chi connectivity index (χ2n) is 10.9. The summed E-state index contributed by atoms with van der Waals surface area (Å²) in [5.41, 5.74) is 10.0. The van der Waals surface area contributed by atoms with E-state index in [2.05, 4.69) is 170 Å². The van der Waals surface area contributed by atoms with Crippen LogP contribution >= 0.6 is 0 Å². The average molecular weight is 533 g/mol.